The molecule has 2 aliphatic rings. The molecule has 0 amide bonds. The third-order valence-electron chi connectivity index (χ3n) is 4.75. The molecular formula is C18H22ClF3N2O5. The molecule has 0 aromatic heterocycles. The maximum absolute atomic E-state index is 12.3. The Balaban J connectivity index is 0.000000438. The fourth-order valence-corrected chi connectivity index (χ4v) is 3.91. The lowest BCUT2D eigenvalue weighted by atomic mass is 9.86. The molecule has 1 saturated heterocycles. The van der Waals surface area contributed by atoms with Crippen molar-refractivity contribution in [1.82, 2.24) is 5.32 Å². The monoisotopic (exact) mass is 438 g/mol. The second-order valence-electron chi connectivity index (χ2n) is 6.95. The molecule has 2 fully saturated rings. The predicted molar refractivity (Wildman–Crippen MR) is 99.4 cm³/mol. The quantitative estimate of drug-likeness (QED) is 0.608. The molecule has 3 N–H and O–H groups in total. The van der Waals surface area contributed by atoms with Crippen molar-refractivity contribution in [3.8, 4) is 5.75 Å². The van der Waals surface area contributed by atoms with Crippen molar-refractivity contribution in [1.29, 1.82) is 0 Å². The van der Waals surface area contributed by atoms with Crippen molar-refractivity contribution in [3.05, 3.63) is 23.2 Å². The van der Waals surface area contributed by atoms with Crippen molar-refractivity contribution < 1.29 is 37.7 Å². The number of fused-ring (bicyclic) bond motifs is 1. The van der Waals surface area contributed by atoms with Gasteiger partial charge in [0.25, 0.3) is 0 Å². The lowest BCUT2D eigenvalue weighted by Gasteiger charge is -2.48. The van der Waals surface area contributed by atoms with Crippen molar-refractivity contribution in [2.75, 3.05) is 11.4 Å². The second kappa shape index (κ2) is 9.53. The number of anilines is 1. The van der Waals surface area contributed by atoms with E-state index in [-0.39, 0.29) is 10.8 Å². The average molecular weight is 439 g/mol. The number of benzene rings is 1. The number of nitrogens with one attached hydrogen (secondary N) is 1. The summed E-state index contributed by atoms with van der Waals surface area (Å²) in [4.78, 5) is 20.5. The van der Waals surface area contributed by atoms with E-state index in [1.807, 2.05) is 0 Å². The van der Waals surface area contributed by atoms with Crippen molar-refractivity contribution in [2.45, 2.75) is 57.1 Å². The smallest absolute Gasteiger partial charge is 0.473 e. The Bertz CT molecular complexity index is 735. The highest BCUT2D eigenvalue weighted by molar-refractivity contribution is 6.32. The lowest BCUT2D eigenvalue weighted by Crippen LogP contribution is -2.62. The molecule has 11 heteroatoms. The van der Waals surface area contributed by atoms with Gasteiger partial charge in [0.2, 0.25) is 0 Å². The highest BCUT2D eigenvalue weighted by Crippen LogP contribution is 2.36. The van der Waals surface area contributed by atoms with E-state index in [9.17, 15) is 13.2 Å². The normalized spacial score (nSPS) is 24.0. The summed E-state index contributed by atoms with van der Waals surface area (Å²) in [6, 6.07) is 5.67. The number of hydrogen-bond donors (Lipinski definition) is 3. The standard InChI is InChI=1S/C16H20ClF3N2O.C2H2O4/c1-10-9-22(14-5-3-2-4-13(14)21-10)11-6-7-15(12(17)8-11)23-16(18,19)20;3-1(4)2(5)6/h6-8,10,13-14,21H,2-5,9H2,1H3;(H,3,4)(H,5,6)/t10-,13+,14+;/m1./s1. The maximum Gasteiger partial charge on any atom is 0.573 e. The molecule has 29 heavy (non-hydrogen) atoms. The first-order valence-electron chi connectivity index (χ1n) is 9.02. The molecule has 1 aliphatic carbocycles. The molecule has 0 radical (unpaired) electrons. The number of alkyl halides is 3. The largest absolute Gasteiger partial charge is 0.573 e. The average Bonchev–Trinajstić information content (AvgIpc) is 2.62. The van der Waals surface area contributed by atoms with Gasteiger partial charge in [0, 0.05) is 30.4 Å². The van der Waals surface area contributed by atoms with E-state index in [2.05, 4.69) is 21.9 Å². The summed E-state index contributed by atoms with van der Waals surface area (Å²) in [5, 5.41) is 18.4. The molecule has 0 spiro atoms. The zero-order valence-electron chi connectivity index (χ0n) is 15.6. The minimum atomic E-state index is -4.73. The molecule has 0 bridgehead atoms. The number of rotatable bonds is 2. The second-order valence-corrected chi connectivity index (χ2v) is 7.36. The first-order valence-corrected chi connectivity index (χ1v) is 9.40. The topological polar surface area (TPSA) is 99.1 Å². The van der Waals surface area contributed by atoms with Gasteiger partial charge in [0.1, 0.15) is 5.75 Å². The van der Waals surface area contributed by atoms with Gasteiger partial charge in [-0.2, -0.15) is 0 Å². The van der Waals surface area contributed by atoms with Crippen LogP contribution >= 0.6 is 11.6 Å². The van der Waals surface area contributed by atoms with Crippen molar-refractivity contribution in [2.24, 2.45) is 0 Å². The fourth-order valence-electron chi connectivity index (χ4n) is 3.70. The molecule has 162 valence electrons. The first kappa shape index (κ1) is 23.1. The zero-order chi connectivity index (χ0) is 21.8. The minimum absolute atomic E-state index is 0.0154. The van der Waals surface area contributed by atoms with Gasteiger partial charge in [-0.3, -0.25) is 0 Å². The lowest BCUT2D eigenvalue weighted by molar-refractivity contribution is -0.274. The van der Waals surface area contributed by atoms with E-state index < -0.39 is 18.3 Å². The van der Waals surface area contributed by atoms with Gasteiger partial charge in [-0.05, 0) is 38.0 Å². The third kappa shape index (κ3) is 6.67. The molecule has 7 nitrogen and oxygen atoms in total. The number of carboxylic acids is 2. The van der Waals surface area contributed by atoms with Crippen LogP contribution in [0.5, 0.6) is 5.75 Å². The van der Waals surface area contributed by atoms with Crippen LogP contribution in [0.3, 0.4) is 0 Å². The SMILES string of the molecule is C[C@@H]1CN(c2ccc(OC(F)(F)F)c(Cl)c2)[C@H]2CCCC[C@@H]2N1.O=C(O)C(=O)O. The summed E-state index contributed by atoms with van der Waals surface area (Å²) in [6.45, 7) is 2.94. The van der Waals surface area contributed by atoms with Crippen LogP contribution in [-0.4, -0.2) is 53.2 Å². The number of halogens is 4. The molecule has 1 saturated carbocycles. The molecule has 3 rings (SSSR count). The van der Waals surface area contributed by atoms with Gasteiger partial charge in [-0.1, -0.05) is 24.4 Å². The zero-order valence-corrected chi connectivity index (χ0v) is 16.3. The van der Waals surface area contributed by atoms with Crippen LogP contribution in [0, 0.1) is 0 Å². The predicted octanol–water partition coefficient (Wildman–Crippen LogP) is 3.50. The molecule has 1 aromatic carbocycles. The van der Waals surface area contributed by atoms with E-state index >= 15 is 0 Å². The number of hydrogen-bond acceptors (Lipinski definition) is 5. The summed E-state index contributed by atoms with van der Waals surface area (Å²) in [5.41, 5.74) is 0.856. The molecule has 0 unspecified atom stereocenters. The Kier molecular flexibility index (Phi) is 7.59. The maximum atomic E-state index is 12.3. The highest BCUT2D eigenvalue weighted by Gasteiger charge is 2.36. The van der Waals surface area contributed by atoms with Gasteiger partial charge in [-0.15, -0.1) is 13.2 Å². The van der Waals surface area contributed by atoms with Gasteiger partial charge in [-0.25, -0.2) is 9.59 Å². The first-order chi connectivity index (χ1) is 13.5. The summed E-state index contributed by atoms with van der Waals surface area (Å²) < 4.78 is 41.0. The van der Waals surface area contributed by atoms with E-state index in [4.69, 9.17) is 31.4 Å². The Labute approximate surface area is 170 Å². The van der Waals surface area contributed by atoms with Gasteiger partial charge >= 0.3 is 18.3 Å². The molecular weight excluding hydrogens is 417 g/mol. The number of carbonyl (C=O) groups is 2. The summed E-state index contributed by atoms with van der Waals surface area (Å²) in [5.74, 6) is -4.00. The van der Waals surface area contributed by atoms with Crippen LogP contribution in [0.4, 0.5) is 18.9 Å². The molecule has 1 aliphatic heterocycles. The van der Waals surface area contributed by atoms with Crippen LogP contribution in [0.15, 0.2) is 18.2 Å². The van der Waals surface area contributed by atoms with Crippen molar-refractivity contribution >= 4 is 29.2 Å². The fraction of sp³-hybridized carbons (Fsp3) is 0.556. The Morgan fingerprint density at radius 3 is 2.38 bits per heavy atom. The van der Waals surface area contributed by atoms with E-state index in [0.717, 1.165) is 25.1 Å². The Morgan fingerprint density at radius 1 is 1.21 bits per heavy atom. The van der Waals surface area contributed by atoms with Gasteiger partial charge in [0.05, 0.1) is 5.02 Å². The summed E-state index contributed by atoms with van der Waals surface area (Å²) in [7, 11) is 0. The van der Waals surface area contributed by atoms with Crippen LogP contribution in [-0.2, 0) is 9.59 Å². The number of piperazine rings is 1. The molecule has 3 atom stereocenters. The number of aliphatic carboxylic acids is 2. The van der Waals surface area contributed by atoms with Crippen molar-refractivity contribution in [3.63, 3.8) is 0 Å². The van der Waals surface area contributed by atoms with Gasteiger partial charge < -0.3 is 25.2 Å². The van der Waals surface area contributed by atoms with Crippen LogP contribution < -0.4 is 15.0 Å². The van der Waals surface area contributed by atoms with Crippen LogP contribution in [0.2, 0.25) is 5.02 Å². The number of carboxylic acid groups (broad SMARTS) is 2. The number of ether oxygens (including phenoxy) is 1. The minimum Gasteiger partial charge on any atom is -0.473 e. The summed E-state index contributed by atoms with van der Waals surface area (Å²) in [6.07, 6.45) is -0.120. The Morgan fingerprint density at radius 2 is 1.83 bits per heavy atom. The Hall–Kier alpha value is -2.20. The van der Waals surface area contributed by atoms with E-state index in [1.165, 1.54) is 18.9 Å². The third-order valence-corrected chi connectivity index (χ3v) is 5.05. The van der Waals surface area contributed by atoms with E-state index in [1.54, 1.807) is 12.1 Å². The molecule has 1 heterocycles. The van der Waals surface area contributed by atoms with Crippen LogP contribution in [0.1, 0.15) is 32.6 Å². The van der Waals surface area contributed by atoms with E-state index in [0.29, 0.717) is 18.1 Å². The van der Waals surface area contributed by atoms with Gasteiger partial charge in [0.15, 0.2) is 0 Å². The summed E-state index contributed by atoms with van der Waals surface area (Å²) >= 11 is 6.00. The highest BCUT2D eigenvalue weighted by atomic mass is 35.5. The number of nitrogens with zero attached hydrogens (tertiary/aromatic N) is 1. The van der Waals surface area contributed by atoms with Crippen LogP contribution in [0.25, 0.3) is 0 Å². The molecule has 1 aromatic rings.